The minimum atomic E-state index is 0.169. The van der Waals surface area contributed by atoms with Crippen LogP contribution in [-0.4, -0.2) is 11.1 Å². The lowest BCUT2D eigenvalue weighted by molar-refractivity contribution is 0.473. The smallest absolute Gasteiger partial charge is 0.134 e. The zero-order valence-corrected chi connectivity index (χ0v) is 9.43. The number of benzene rings is 1. The molecule has 0 saturated heterocycles. The molecule has 0 aromatic heterocycles. The number of phenols is 1. The second kappa shape index (κ2) is 4.86. The van der Waals surface area contributed by atoms with E-state index in [1.807, 2.05) is 12.1 Å². The molecule has 0 aliphatic heterocycles. The van der Waals surface area contributed by atoms with Gasteiger partial charge in [0.1, 0.15) is 5.75 Å². The van der Waals surface area contributed by atoms with Crippen LogP contribution in [0.3, 0.4) is 0 Å². The van der Waals surface area contributed by atoms with Crippen LogP contribution in [0, 0.1) is 0 Å². The van der Waals surface area contributed by atoms with Crippen molar-refractivity contribution in [1.29, 1.82) is 0 Å². The fourth-order valence-electron chi connectivity index (χ4n) is 2.09. The van der Waals surface area contributed by atoms with Crippen LogP contribution >= 0.6 is 11.6 Å². The van der Waals surface area contributed by atoms with Crippen molar-refractivity contribution in [3.63, 3.8) is 0 Å². The molecule has 0 bridgehead atoms. The molecule has 0 radical (unpaired) electrons. The first-order chi connectivity index (χ1) is 7.27. The number of aromatic hydroxyl groups is 1. The summed E-state index contributed by atoms with van der Waals surface area (Å²) in [7, 11) is 0. The van der Waals surface area contributed by atoms with Gasteiger partial charge in [-0.3, -0.25) is 0 Å². The summed E-state index contributed by atoms with van der Waals surface area (Å²) in [6.07, 6.45) is 5.17. The zero-order valence-electron chi connectivity index (χ0n) is 8.67. The van der Waals surface area contributed by atoms with E-state index < -0.39 is 0 Å². The highest BCUT2D eigenvalue weighted by Gasteiger charge is 2.14. The quantitative estimate of drug-likeness (QED) is 0.829. The maximum absolute atomic E-state index is 9.43. The summed E-state index contributed by atoms with van der Waals surface area (Å²) in [6.45, 7) is 0.748. The van der Waals surface area contributed by atoms with Gasteiger partial charge < -0.3 is 10.4 Å². The van der Waals surface area contributed by atoms with Crippen LogP contribution in [0.1, 0.15) is 31.2 Å². The molecule has 1 fully saturated rings. The van der Waals surface area contributed by atoms with Crippen LogP contribution in [0.5, 0.6) is 5.75 Å². The van der Waals surface area contributed by atoms with Crippen LogP contribution in [-0.2, 0) is 6.54 Å². The fourth-order valence-corrected chi connectivity index (χ4v) is 2.28. The number of halogens is 1. The Kier molecular flexibility index (Phi) is 3.49. The normalized spacial score (nSPS) is 17.1. The lowest BCUT2D eigenvalue weighted by atomic mass is 10.2. The number of nitrogens with one attached hydrogen (secondary N) is 1. The third-order valence-corrected chi connectivity index (χ3v) is 3.43. The van der Waals surface area contributed by atoms with E-state index in [1.54, 1.807) is 6.07 Å². The first-order valence-corrected chi connectivity index (χ1v) is 5.85. The Morgan fingerprint density at radius 2 is 2.07 bits per heavy atom. The lowest BCUT2D eigenvalue weighted by Gasteiger charge is -2.12. The summed E-state index contributed by atoms with van der Waals surface area (Å²) in [5.41, 5.74) is 0.976. The van der Waals surface area contributed by atoms with E-state index in [0.717, 1.165) is 12.1 Å². The molecule has 1 aromatic rings. The Labute approximate surface area is 95.3 Å². The Bertz CT molecular complexity index is 334. The first kappa shape index (κ1) is 10.8. The van der Waals surface area contributed by atoms with E-state index in [2.05, 4.69) is 5.32 Å². The van der Waals surface area contributed by atoms with Crippen molar-refractivity contribution >= 4 is 11.6 Å². The van der Waals surface area contributed by atoms with Crippen LogP contribution in [0.4, 0.5) is 0 Å². The largest absolute Gasteiger partial charge is 0.506 e. The summed E-state index contributed by atoms with van der Waals surface area (Å²) in [6, 6.07) is 6.02. The van der Waals surface area contributed by atoms with Crippen LogP contribution in [0.15, 0.2) is 18.2 Å². The summed E-state index contributed by atoms with van der Waals surface area (Å²) in [4.78, 5) is 0. The van der Waals surface area contributed by atoms with Crippen LogP contribution in [0.25, 0.3) is 0 Å². The van der Waals surface area contributed by atoms with E-state index in [9.17, 15) is 5.11 Å². The maximum Gasteiger partial charge on any atom is 0.134 e. The van der Waals surface area contributed by atoms with Crippen LogP contribution in [0.2, 0.25) is 5.02 Å². The van der Waals surface area contributed by atoms with Crippen LogP contribution < -0.4 is 5.32 Å². The summed E-state index contributed by atoms with van der Waals surface area (Å²) in [5, 5.41) is 13.4. The van der Waals surface area contributed by atoms with Gasteiger partial charge in [0.2, 0.25) is 0 Å². The van der Waals surface area contributed by atoms with E-state index in [-0.39, 0.29) is 5.75 Å². The molecular weight excluding hydrogens is 210 g/mol. The Morgan fingerprint density at radius 1 is 1.33 bits per heavy atom. The summed E-state index contributed by atoms with van der Waals surface area (Å²) < 4.78 is 0. The third kappa shape index (κ3) is 2.64. The van der Waals surface area contributed by atoms with Crippen molar-refractivity contribution in [3.8, 4) is 5.75 Å². The summed E-state index contributed by atoms with van der Waals surface area (Å²) >= 11 is 5.99. The number of hydrogen-bond donors (Lipinski definition) is 2. The Morgan fingerprint density at radius 3 is 2.80 bits per heavy atom. The molecule has 2 N–H and O–H groups in total. The van der Waals surface area contributed by atoms with Crippen molar-refractivity contribution in [3.05, 3.63) is 28.8 Å². The molecule has 1 saturated carbocycles. The average molecular weight is 226 g/mol. The van der Waals surface area contributed by atoms with Gasteiger partial charge in [-0.05, 0) is 24.5 Å². The molecule has 82 valence electrons. The first-order valence-electron chi connectivity index (χ1n) is 5.47. The van der Waals surface area contributed by atoms with Crippen molar-refractivity contribution in [2.75, 3.05) is 0 Å². The fraction of sp³-hybridized carbons (Fsp3) is 0.500. The Balaban J connectivity index is 1.95. The maximum atomic E-state index is 9.43. The van der Waals surface area contributed by atoms with Gasteiger partial charge in [-0.25, -0.2) is 0 Å². The second-order valence-electron chi connectivity index (χ2n) is 4.11. The predicted octanol–water partition coefficient (Wildman–Crippen LogP) is 3.08. The van der Waals surface area contributed by atoms with Gasteiger partial charge in [-0.2, -0.15) is 0 Å². The zero-order chi connectivity index (χ0) is 10.7. The van der Waals surface area contributed by atoms with E-state index >= 15 is 0 Å². The molecule has 0 atom stereocenters. The average Bonchev–Trinajstić information content (AvgIpc) is 2.73. The molecule has 15 heavy (non-hydrogen) atoms. The van der Waals surface area contributed by atoms with E-state index in [0.29, 0.717) is 11.1 Å². The number of hydrogen-bond acceptors (Lipinski definition) is 2. The van der Waals surface area contributed by atoms with Crippen molar-refractivity contribution in [1.82, 2.24) is 5.32 Å². The molecule has 3 heteroatoms. The van der Waals surface area contributed by atoms with Gasteiger partial charge in [-0.1, -0.05) is 36.6 Å². The van der Waals surface area contributed by atoms with Crippen molar-refractivity contribution in [2.24, 2.45) is 0 Å². The molecule has 0 amide bonds. The van der Waals surface area contributed by atoms with Gasteiger partial charge in [0.05, 0.1) is 5.02 Å². The molecule has 0 heterocycles. The highest BCUT2D eigenvalue weighted by Crippen LogP contribution is 2.27. The van der Waals surface area contributed by atoms with Crippen molar-refractivity contribution in [2.45, 2.75) is 38.3 Å². The topological polar surface area (TPSA) is 32.3 Å². The SMILES string of the molecule is Oc1cccc(CNC2CCCC2)c1Cl. The van der Waals surface area contributed by atoms with Gasteiger partial charge >= 0.3 is 0 Å². The second-order valence-corrected chi connectivity index (χ2v) is 4.49. The van der Waals surface area contributed by atoms with Gasteiger partial charge in [0, 0.05) is 12.6 Å². The third-order valence-electron chi connectivity index (χ3n) is 2.99. The van der Waals surface area contributed by atoms with E-state index in [4.69, 9.17) is 11.6 Å². The molecule has 1 aliphatic rings. The number of rotatable bonds is 3. The van der Waals surface area contributed by atoms with Crippen molar-refractivity contribution < 1.29 is 5.11 Å². The molecule has 2 rings (SSSR count). The van der Waals surface area contributed by atoms with E-state index in [1.165, 1.54) is 25.7 Å². The standard InChI is InChI=1S/C12H16ClNO/c13-12-9(4-3-7-11(12)15)8-14-10-5-1-2-6-10/h3-4,7,10,14-15H,1-2,5-6,8H2. The minimum absolute atomic E-state index is 0.169. The number of phenolic OH excluding ortho intramolecular Hbond substituents is 1. The predicted molar refractivity (Wildman–Crippen MR) is 62.2 cm³/mol. The lowest BCUT2D eigenvalue weighted by Crippen LogP contribution is -2.25. The van der Waals surface area contributed by atoms with Gasteiger partial charge in [0.15, 0.2) is 0 Å². The molecule has 1 aromatic carbocycles. The highest BCUT2D eigenvalue weighted by molar-refractivity contribution is 6.32. The monoisotopic (exact) mass is 225 g/mol. The molecule has 1 aliphatic carbocycles. The molecule has 0 unspecified atom stereocenters. The molecule has 0 spiro atoms. The summed E-state index contributed by atoms with van der Waals surface area (Å²) in [5.74, 6) is 0.169. The molecule has 2 nitrogen and oxygen atoms in total. The van der Waals surface area contributed by atoms with Gasteiger partial charge in [0.25, 0.3) is 0 Å². The van der Waals surface area contributed by atoms with Gasteiger partial charge in [-0.15, -0.1) is 0 Å². The highest BCUT2D eigenvalue weighted by atomic mass is 35.5. The Hall–Kier alpha value is -0.730. The minimum Gasteiger partial charge on any atom is -0.506 e. The molecular formula is C12H16ClNO.